The molecule has 0 unspecified atom stereocenters. The molecule has 4 rings (SSSR count). The molecule has 0 N–H and O–H groups in total. The number of ether oxygens (including phenoxy) is 1. The maximum Gasteiger partial charge on any atom is 0.336 e. The van der Waals surface area contributed by atoms with E-state index >= 15 is 0 Å². The van der Waals surface area contributed by atoms with Crippen LogP contribution in [0.1, 0.15) is 18.1 Å². The molecule has 0 fully saturated rings. The number of anilines is 1. The average Bonchev–Trinajstić information content (AvgIpc) is 2.61. The summed E-state index contributed by atoms with van der Waals surface area (Å²) >= 11 is 6.39. The van der Waals surface area contributed by atoms with E-state index in [0.29, 0.717) is 40.6 Å². The van der Waals surface area contributed by atoms with E-state index in [1.54, 1.807) is 18.2 Å². The molecule has 0 saturated carbocycles. The van der Waals surface area contributed by atoms with Crippen molar-refractivity contribution in [1.82, 2.24) is 0 Å². The predicted octanol–water partition coefficient (Wildman–Crippen LogP) is 4.50. The lowest BCUT2D eigenvalue weighted by Gasteiger charge is -2.31. The smallest absolute Gasteiger partial charge is 0.336 e. The third-order valence-electron chi connectivity index (χ3n) is 4.39. The zero-order valence-corrected chi connectivity index (χ0v) is 14.3. The van der Waals surface area contributed by atoms with Gasteiger partial charge in [0.25, 0.3) is 0 Å². The maximum absolute atomic E-state index is 13.5. The van der Waals surface area contributed by atoms with E-state index in [9.17, 15) is 9.18 Å². The van der Waals surface area contributed by atoms with Crippen molar-refractivity contribution < 1.29 is 13.5 Å². The summed E-state index contributed by atoms with van der Waals surface area (Å²) in [6.07, 6.45) is 0.686. The summed E-state index contributed by atoms with van der Waals surface area (Å²) in [6, 6.07) is 9.54. The van der Waals surface area contributed by atoms with Gasteiger partial charge in [-0.25, -0.2) is 9.18 Å². The third-order valence-corrected chi connectivity index (χ3v) is 4.67. The van der Waals surface area contributed by atoms with Gasteiger partial charge in [0.15, 0.2) is 6.73 Å². The van der Waals surface area contributed by atoms with Crippen LogP contribution in [0, 0.1) is 5.82 Å². The van der Waals surface area contributed by atoms with Crippen molar-refractivity contribution in [2.75, 3.05) is 11.6 Å². The lowest BCUT2D eigenvalue weighted by Crippen LogP contribution is -2.32. The molecule has 4 nitrogen and oxygen atoms in total. The van der Waals surface area contributed by atoms with Crippen LogP contribution >= 0.6 is 11.6 Å². The van der Waals surface area contributed by atoms with Gasteiger partial charge in [0, 0.05) is 17.1 Å². The molecule has 0 bridgehead atoms. The molecule has 25 heavy (non-hydrogen) atoms. The number of halogens is 2. The van der Waals surface area contributed by atoms with Crippen molar-refractivity contribution in [3.05, 3.63) is 68.8 Å². The molecule has 0 atom stereocenters. The standard InChI is InChI=1S/C19H15ClFNO3/c1-2-11-6-17(23)25-18-14(11)8-16(20)19-15(18)9-22(10-24-19)13-5-3-4-12(21)7-13/h3-8H,2,9-10H2,1H3. The minimum Gasteiger partial charge on any atom is -0.471 e. The molecule has 0 aliphatic carbocycles. The van der Waals surface area contributed by atoms with Crippen molar-refractivity contribution in [1.29, 1.82) is 0 Å². The molecular formula is C19H15ClFNO3. The molecular weight excluding hydrogens is 345 g/mol. The van der Waals surface area contributed by atoms with Crippen LogP contribution in [0.25, 0.3) is 11.0 Å². The van der Waals surface area contributed by atoms with Gasteiger partial charge < -0.3 is 14.1 Å². The van der Waals surface area contributed by atoms with Gasteiger partial charge in [0.1, 0.15) is 17.1 Å². The molecule has 6 heteroatoms. The van der Waals surface area contributed by atoms with Gasteiger partial charge in [-0.1, -0.05) is 24.6 Å². The third kappa shape index (κ3) is 2.74. The van der Waals surface area contributed by atoms with E-state index in [0.717, 1.165) is 10.9 Å². The van der Waals surface area contributed by atoms with Gasteiger partial charge in [-0.3, -0.25) is 0 Å². The van der Waals surface area contributed by atoms with E-state index in [-0.39, 0.29) is 12.5 Å². The summed E-state index contributed by atoms with van der Waals surface area (Å²) in [5.41, 5.74) is 2.33. The fourth-order valence-corrected chi connectivity index (χ4v) is 3.46. The van der Waals surface area contributed by atoms with Crippen molar-refractivity contribution in [2.24, 2.45) is 0 Å². The Morgan fingerprint density at radius 2 is 2.12 bits per heavy atom. The molecule has 1 aliphatic heterocycles. The number of hydrogen-bond acceptors (Lipinski definition) is 4. The van der Waals surface area contributed by atoms with Crippen LogP contribution in [0.15, 0.2) is 45.6 Å². The Labute approximate surface area is 148 Å². The molecule has 128 valence electrons. The highest BCUT2D eigenvalue weighted by molar-refractivity contribution is 6.33. The highest BCUT2D eigenvalue weighted by Crippen LogP contribution is 2.40. The van der Waals surface area contributed by atoms with E-state index < -0.39 is 5.63 Å². The second kappa shape index (κ2) is 6.08. The molecule has 0 amide bonds. The molecule has 1 aliphatic rings. The summed E-state index contributed by atoms with van der Waals surface area (Å²) < 4.78 is 24.8. The Morgan fingerprint density at radius 3 is 2.88 bits per heavy atom. The Kier molecular flexibility index (Phi) is 3.88. The minimum absolute atomic E-state index is 0.235. The molecule has 0 spiro atoms. The molecule has 2 aromatic carbocycles. The summed E-state index contributed by atoms with van der Waals surface area (Å²) in [5.74, 6) is 0.192. The summed E-state index contributed by atoms with van der Waals surface area (Å²) in [7, 11) is 0. The zero-order chi connectivity index (χ0) is 17.6. The largest absolute Gasteiger partial charge is 0.471 e. The van der Waals surface area contributed by atoms with Crippen LogP contribution < -0.4 is 15.3 Å². The van der Waals surface area contributed by atoms with Gasteiger partial charge in [0.05, 0.1) is 17.1 Å². The first-order chi connectivity index (χ1) is 12.1. The number of rotatable bonds is 2. The van der Waals surface area contributed by atoms with E-state index in [2.05, 4.69) is 0 Å². The van der Waals surface area contributed by atoms with Gasteiger partial charge in [-0.2, -0.15) is 0 Å². The molecule has 0 saturated heterocycles. The first kappa shape index (κ1) is 16.0. The van der Waals surface area contributed by atoms with E-state index in [1.807, 2.05) is 11.8 Å². The first-order valence-electron chi connectivity index (χ1n) is 7.98. The van der Waals surface area contributed by atoms with Crippen LogP contribution in [0.3, 0.4) is 0 Å². The quantitative estimate of drug-likeness (QED) is 0.632. The zero-order valence-electron chi connectivity index (χ0n) is 13.5. The van der Waals surface area contributed by atoms with Gasteiger partial charge in [-0.05, 0) is 36.2 Å². The molecule has 0 radical (unpaired) electrons. The van der Waals surface area contributed by atoms with Crippen LogP contribution in [0.5, 0.6) is 5.75 Å². The van der Waals surface area contributed by atoms with Gasteiger partial charge in [-0.15, -0.1) is 0 Å². The number of hydrogen-bond donors (Lipinski definition) is 0. The van der Waals surface area contributed by atoms with Crippen molar-refractivity contribution >= 4 is 28.3 Å². The van der Waals surface area contributed by atoms with Crippen molar-refractivity contribution in [3.63, 3.8) is 0 Å². The minimum atomic E-state index is -0.406. The van der Waals surface area contributed by atoms with Crippen molar-refractivity contribution in [3.8, 4) is 5.75 Å². The molecule has 2 heterocycles. The fraction of sp³-hybridized carbons (Fsp3) is 0.211. The molecule has 3 aromatic rings. The number of benzene rings is 2. The summed E-state index contributed by atoms with van der Waals surface area (Å²) in [5, 5.41) is 1.28. The van der Waals surface area contributed by atoms with Gasteiger partial charge >= 0.3 is 5.63 Å². The number of aryl methyl sites for hydroxylation is 1. The van der Waals surface area contributed by atoms with Crippen molar-refractivity contribution in [2.45, 2.75) is 19.9 Å². The normalized spacial score (nSPS) is 13.6. The predicted molar refractivity (Wildman–Crippen MR) is 95.0 cm³/mol. The second-order valence-electron chi connectivity index (χ2n) is 5.94. The van der Waals surface area contributed by atoms with Crippen LogP contribution in [0.4, 0.5) is 10.1 Å². The van der Waals surface area contributed by atoms with Gasteiger partial charge in [0.2, 0.25) is 0 Å². The Bertz CT molecular complexity index is 1030. The van der Waals surface area contributed by atoms with E-state index in [4.69, 9.17) is 20.8 Å². The summed E-state index contributed by atoms with van der Waals surface area (Å²) in [4.78, 5) is 13.8. The van der Waals surface area contributed by atoms with E-state index in [1.165, 1.54) is 18.2 Å². The lowest BCUT2D eigenvalue weighted by molar-refractivity contribution is 0.289. The highest BCUT2D eigenvalue weighted by Gasteiger charge is 2.25. The number of nitrogens with zero attached hydrogens (tertiary/aromatic N) is 1. The molecule has 1 aromatic heterocycles. The topological polar surface area (TPSA) is 42.7 Å². The van der Waals surface area contributed by atoms with Crippen LogP contribution in [0.2, 0.25) is 5.02 Å². The lowest BCUT2D eigenvalue weighted by atomic mass is 10.0. The second-order valence-corrected chi connectivity index (χ2v) is 6.35. The van der Waals surface area contributed by atoms with Crippen LogP contribution in [-0.2, 0) is 13.0 Å². The fourth-order valence-electron chi connectivity index (χ4n) is 3.18. The van der Waals surface area contributed by atoms with Crippen LogP contribution in [-0.4, -0.2) is 6.73 Å². The maximum atomic E-state index is 13.5. The first-order valence-corrected chi connectivity index (χ1v) is 8.36. The summed E-state index contributed by atoms with van der Waals surface area (Å²) in [6.45, 7) is 2.61. The Morgan fingerprint density at radius 1 is 1.28 bits per heavy atom. The SMILES string of the molecule is CCc1cc(=O)oc2c3c(c(Cl)cc12)OCN(c1cccc(F)c1)C3. The average molecular weight is 360 g/mol. The Hall–Kier alpha value is -2.53. The highest BCUT2D eigenvalue weighted by atomic mass is 35.5. The monoisotopic (exact) mass is 359 g/mol. The number of fused-ring (bicyclic) bond motifs is 3. The Balaban J connectivity index is 1.89.